The van der Waals surface area contributed by atoms with Crippen LogP contribution in [0.3, 0.4) is 0 Å². The number of benzene rings is 1. The average molecular weight is 338 g/mol. The maximum atomic E-state index is 12.4. The van der Waals surface area contributed by atoms with Crippen LogP contribution in [0.1, 0.15) is 22.8 Å². The van der Waals surface area contributed by atoms with Gasteiger partial charge in [-0.05, 0) is 48.5 Å². The Morgan fingerprint density at radius 3 is 2.58 bits per heavy atom. The van der Waals surface area contributed by atoms with E-state index in [-0.39, 0.29) is 11.8 Å². The molecule has 0 saturated heterocycles. The van der Waals surface area contributed by atoms with E-state index in [1.165, 1.54) is 5.56 Å². The summed E-state index contributed by atoms with van der Waals surface area (Å²) in [6, 6.07) is 9.50. The van der Waals surface area contributed by atoms with Gasteiger partial charge in [0.1, 0.15) is 0 Å². The van der Waals surface area contributed by atoms with Crippen molar-refractivity contribution in [2.75, 3.05) is 7.05 Å². The zero-order valence-electron chi connectivity index (χ0n) is 11.0. The van der Waals surface area contributed by atoms with Gasteiger partial charge >= 0.3 is 0 Å². The molecule has 0 aliphatic heterocycles. The minimum Gasteiger partial charge on any atom is -0.292 e. The monoisotopic (exact) mass is 337 g/mol. The summed E-state index contributed by atoms with van der Waals surface area (Å²) in [6.07, 6.45) is 0. The van der Waals surface area contributed by atoms with Gasteiger partial charge < -0.3 is 0 Å². The molecule has 0 aliphatic rings. The van der Waals surface area contributed by atoms with Gasteiger partial charge in [-0.25, -0.2) is 0 Å². The number of carbonyl (C=O) groups is 1. The molecule has 1 unspecified atom stereocenters. The molecule has 0 aliphatic carbocycles. The molecule has 2 nitrogen and oxygen atoms in total. The Morgan fingerprint density at radius 1 is 1.32 bits per heavy atom. The first-order valence-electron chi connectivity index (χ1n) is 6.09. The second-order valence-electron chi connectivity index (χ2n) is 4.59. The topological polar surface area (TPSA) is 20.3 Å². The lowest BCUT2D eigenvalue weighted by molar-refractivity contribution is 0.0862. The molecule has 0 spiro atoms. The number of nitrogens with zero attached hydrogens (tertiary/aromatic N) is 1. The molecule has 0 radical (unpaired) electrons. The number of thiophene rings is 1. The maximum Gasteiger partial charge on any atom is 0.179 e. The Bertz CT molecular complexity index is 536. The highest BCUT2D eigenvalue weighted by Crippen LogP contribution is 2.15. The first kappa shape index (κ1) is 14.4. The quantitative estimate of drug-likeness (QED) is 0.761. The highest BCUT2D eigenvalue weighted by atomic mass is 79.9. The number of ketones is 1. The van der Waals surface area contributed by atoms with Gasteiger partial charge in [-0.2, -0.15) is 11.3 Å². The van der Waals surface area contributed by atoms with Crippen LogP contribution in [0.2, 0.25) is 0 Å². The molecule has 4 heteroatoms. The Hall–Kier alpha value is -0.970. The molecule has 0 N–H and O–H groups in total. The molecule has 1 atom stereocenters. The van der Waals surface area contributed by atoms with Crippen LogP contribution in [-0.4, -0.2) is 23.8 Å². The third-order valence-electron chi connectivity index (χ3n) is 3.18. The fourth-order valence-corrected chi connectivity index (χ4v) is 2.79. The number of likely N-dealkylation sites (N-methyl/N-ethyl adjacent to an activating group) is 1. The Kier molecular flexibility index (Phi) is 4.91. The smallest absolute Gasteiger partial charge is 0.179 e. The zero-order chi connectivity index (χ0) is 13.8. The highest BCUT2D eigenvalue weighted by Gasteiger charge is 2.19. The summed E-state index contributed by atoms with van der Waals surface area (Å²) in [4.78, 5) is 14.4. The number of halogens is 1. The lowest BCUT2D eigenvalue weighted by Gasteiger charge is -2.23. The van der Waals surface area contributed by atoms with Crippen LogP contribution >= 0.6 is 27.3 Å². The van der Waals surface area contributed by atoms with Crippen molar-refractivity contribution < 1.29 is 4.79 Å². The third kappa shape index (κ3) is 3.75. The summed E-state index contributed by atoms with van der Waals surface area (Å²) < 4.78 is 0.989. The van der Waals surface area contributed by atoms with E-state index in [2.05, 4.69) is 37.7 Å². The van der Waals surface area contributed by atoms with Crippen molar-refractivity contribution >= 4 is 33.0 Å². The Morgan fingerprint density at radius 2 is 2.00 bits per heavy atom. The molecule has 2 aromatic rings. The standard InChI is InChI=1S/C15H16BrNOS/c1-11(17(2)9-12-7-8-19-10-12)15(18)13-3-5-14(16)6-4-13/h3-8,10-11H,9H2,1-2H3. The van der Waals surface area contributed by atoms with Crippen LogP contribution in [0.15, 0.2) is 45.6 Å². The zero-order valence-corrected chi connectivity index (χ0v) is 13.4. The fourth-order valence-electron chi connectivity index (χ4n) is 1.86. The largest absolute Gasteiger partial charge is 0.292 e. The van der Waals surface area contributed by atoms with Crippen molar-refractivity contribution in [3.8, 4) is 0 Å². The van der Waals surface area contributed by atoms with Gasteiger partial charge in [0.25, 0.3) is 0 Å². The summed E-state index contributed by atoms with van der Waals surface area (Å²) in [5.74, 6) is 0.158. The lowest BCUT2D eigenvalue weighted by Crippen LogP contribution is -2.35. The van der Waals surface area contributed by atoms with Gasteiger partial charge in [0.05, 0.1) is 6.04 Å². The minimum atomic E-state index is -0.124. The van der Waals surface area contributed by atoms with Gasteiger partial charge in [-0.3, -0.25) is 9.69 Å². The molecule has 1 aromatic heterocycles. The molecule has 1 aromatic carbocycles. The van der Waals surface area contributed by atoms with Crippen molar-refractivity contribution in [3.63, 3.8) is 0 Å². The van der Waals surface area contributed by atoms with Crippen LogP contribution in [0.25, 0.3) is 0 Å². The molecule has 1 heterocycles. The van der Waals surface area contributed by atoms with Gasteiger partial charge in [0.15, 0.2) is 5.78 Å². The number of rotatable bonds is 5. The first-order chi connectivity index (χ1) is 9.08. The van der Waals surface area contributed by atoms with Crippen LogP contribution in [0.4, 0.5) is 0 Å². The summed E-state index contributed by atoms with van der Waals surface area (Å²) in [6.45, 7) is 2.75. The van der Waals surface area contributed by atoms with Crippen molar-refractivity contribution in [2.45, 2.75) is 19.5 Å². The average Bonchev–Trinajstić information content (AvgIpc) is 2.90. The van der Waals surface area contributed by atoms with Gasteiger partial charge in [0.2, 0.25) is 0 Å². The van der Waals surface area contributed by atoms with E-state index in [1.807, 2.05) is 38.2 Å². The molecule has 0 bridgehead atoms. The molecule has 0 saturated carbocycles. The number of Topliss-reactive ketones (excluding diaryl/α,β-unsaturated/α-hetero) is 1. The van der Waals surface area contributed by atoms with E-state index >= 15 is 0 Å². The second kappa shape index (κ2) is 6.46. The predicted molar refractivity (Wildman–Crippen MR) is 83.7 cm³/mol. The summed E-state index contributed by atoms with van der Waals surface area (Å²) in [5.41, 5.74) is 2.01. The summed E-state index contributed by atoms with van der Waals surface area (Å²) >= 11 is 5.06. The van der Waals surface area contributed by atoms with Gasteiger partial charge in [-0.1, -0.05) is 28.1 Å². The predicted octanol–water partition coefficient (Wildman–Crippen LogP) is 4.21. The SMILES string of the molecule is CC(C(=O)c1ccc(Br)cc1)N(C)Cc1ccsc1. The summed E-state index contributed by atoms with van der Waals surface area (Å²) in [5, 5.41) is 4.18. The van der Waals surface area contributed by atoms with Crippen molar-refractivity contribution in [1.82, 2.24) is 4.90 Å². The van der Waals surface area contributed by atoms with E-state index < -0.39 is 0 Å². The van der Waals surface area contributed by atoms with E-state index in [0.29, 0.717) is 0 Å². The molecule has 2 rings (SSSR count). The summed E-state index contributed by atoms with van der Waals surface area (Å²) in [7, 11) is 1.99. The van der Waals surface area contributed by atoms with E-state index in [0.717, 1.165) is 16.6 Å². The van der Waals surface area contributed by atoms with Gasteiger partial charge in [0, 0.05) is 16.6 Å². The highest BCUT2D eigenvalue weighted by molar-refractivity contribution is 9.10. The molecule has 100 valence electrons. The van der Waals surface area contributed by atoms with E-state index in [9.17, 15) is 4.79 Å². The Balaban J connectivity index is 2.04. The van der Waals surface area contributed by atoms with Crippen LogP contribution in [-0.2, 0) is 6.54 Å². The van der Waals surface area contributed by atoms with E-state index in [1.54, 1.807) is 11.3 Å². The van der Waals surface area contributed by atoms with Crippen molar-refractivity contribution in [2.24, 2.45) is 0 Å². The van der Waals surface area contributed by atoms with Crippen LogP contribution < -0.4 is 0 Å². The van der Waals surface area contributed by atoms with Gasteiger partial charge in [-0.15, -0.1) is 0 Å². The molecule has 19 heavy (non-hydrogen) atoms. The Labute approximate surface area is 126 Å². The van der Waals surface area contributed by atoms with E-state index in [4.69, 9.17) is 0 Å². The second-order valence-corrected chi connectivity index (χ2v) is 6.29. The third-order valence-corrected chi connectivity index (χ3v) is 4.44. The lowest BCUT2D eigenvalue weighted by atomic mass is 10.0. The first-order valence-corrected chi connectivity index (χ1v) is 7.82. The normalized spacial score (nSPS) is 12.6. The minimum absolute atomic E-state index is 0.124. The van der Waals surface area contributed by atoms with Crippen LogP contribution in [0.5, 0.6) is 0 Å². The van der Waals surface area contributed by atoms with Crippen molar-refractivity contribution in [1.29, 1.82) is 0 Å². The van der Waals surface area contributed by atoms with Crippen LogP contribution in [0, 0.1) is 0 Å². The fraction of sp³-hybridized carbons (Fsp3) is 0.267. The number of carbonyl (C=O) groups excluding carboxylic acids is 1. The number of hydrogen-bond donors (Lipinski definition) is 0. The molecular formula is C15H16BrNOS. The molecular weight excluding hydrogens is 322 g/mol. The maximum absolute atomic E-state index is 12.4. The number of hydrogen-bond acceptors (Lipinski definition) is 3. The van der Waals surface area contributed by atoms with Crippen molar-refractivity contribution in [3.05, 3.63) is 56.7 Å². The molecule has 0 fully saturated rings. The molecule has 0 amide bonds.